The molecule has 0 unspecified atom stereocenters. The largest absolute Gasteiger partial charge is 0.444 e. The van der Waals surface area contributed by atoms with Crippen LogP contribution in [0.2, 0.25) is 0 Å². The van der Waals surface area contributed by atoms with Crippen LogP contribution >= 0.6 is 0 Å². The number of aryl methyl sites for hydroxylation is 2. The van der Waals surface area contributed by atoms with Crippen molar-refractivity contribution in [3.8, 4) is 11.4 Å². The van der Waals surface area contributed by atoms with E-state index >= 15 is 0 Å². The Hall–Kier alpha value is -2.97. The van der Waals surface area contributed by atoms with Crippen molar-refractivity contribution in [3.05, 3.63) is 35.5 Å². The summed E-state index contributed by atoms with van der Waals surface area (Å²) in [7, 11) is 0. The zero-order chi connectivity index (χ0) is 21.6. The van der Waals surface area contributed by atoms with E-state index in [1.54, 1.807) is 46.8 Å². The van der Waals surface area contributed by atoms with Crippen LogP contribution in [0.3, 0.4) is 0 Å². The third-order valence-corrected chi connectivity index (χ3v) is 3.81. The molecule has 2 N–H and O–H groups in total. The van der Waals surface area contributed by atoms with Crippen molar-refractivity contribution < 1.29 is 23.2 Å². The number of hydrogen-bond acceptors (Lipinski definition) is 6. The van der Waals surface area contributed by atoms with Gasteiger partial charge in [0.25, 0.3) is 0 Å². The highest BCUT2D eigenvalue weighted by molar-refractivity contribution is 5.76. The Morgan fingerprint density at radius 1 is 1.31 bits per heavy atom. The van der Waals surface area contributed by atoms with Crippen molar-refractivity contribution in [2.75, 3.05) is 6.54 Å². The van der Waals surface area contributed by atoms with Gasteiger partial charge >= 0.3 is 6.09 Å². The highest BCUT2D eigenvalue weighted by Gasteiger charge is 2.17. The third kappa shape index (κ3) is 7.52. The summed E-state index contributed by atoms with van der Waals surface area (Å²) in [4.78, 5) is 27.9. The molecule has 9 heteroatoms. The highest BCUT2D eigenvalue weighted by atomic mass is 19.1. The summed E-state index contributed by atoms with van der Waals surface area (Å²) in [5.74, 6) is 0.153. The quantitative estimate of drug-likeness (QED) is 0.732. The van der Waals surface area contributed by atoms with Crippen LogP contribution < -0.4 is 10.6 Å². The number of hydrogen-bond donors (Lipinski definition) is 2. The summed E-state index contributed by atoms with van der Waals surface area (Å²) in [5, 5.41) is 9.26. The van der Waals surface area contributed by atoms with Gasteiger partial charge in [-0.3, -0.25) is 4.79 Å². The van der Waals surface area contributed by atoms with Crippen LogP contribution in [0.15, 0.2) is 22.7 Å². The van der Waals surface area contributed by atoms with E-state index in [0.717, 1.165) is 0 Å². The van der Waals surface area contributed by atoms with E-state index in [-0.39, 0.29) is 37.2 Å². The molecule has 2 rings (SSSR count). The van der Waals surface area contributed by atoms with Crippen LogP contribution in [0.5, 0.6) is 0 Å². The molecular weight excluding hydrogens is 379 g/mol. The molecule has 0 radical (unpaired) electrons. The second-order valence-corrected chi connectivity index (χ2v) is 7.83. The number of amides is 2. The Morgan fingerprint density at radius 3 is 2.69 bits per heavy atom. The van der Waals surface area contributed by atoms with Crippen molar-refractivity contribution >= 4 is 12.0 Å². The number of halogens is 1. The number of ether oxygens (including phenoxy) is 1. The van der Waals surface area contributed by atoms with Crippen LogP contribution in [-0.4, -0.2) is 40.3 Å². The van der Waals surface area contributed by atoms with Gasteiger partial charge in [-0.15, -0.1) is 0 Å². The van der Waals surface area contributed by atoms with Crippen LogP contribution in [0.1, 0.15) is 45.6 Å². The molecule has 0 fully saturated rings. The molecule has 29 heavy (non-hydrogen) atoms. The SMILES string of the molecule is Cc1cc(-c2noc(CCC(=O)N[C@H](C)CNC(=O)OC(C)(C)C)n2)ccc1F. The second-order valence-electron chi connectivity index (χ2n) is 7.83. The maximum atomic E-state index is 13.4. The minimum Gasteiger partial charge on any atom is -0.444 e. The number of carbonyl (C=O) groups excluding carboxylic acids is 2. The molecule has 0 spiro atoms. The normalized spacial score (nSPS) is 12.3. The van der Waals surface area contributed by atoms with Gasteiger partial charge in [-0.25, -0.2) is 9.18 Å². The number of benzene rings is 1. The zero-order valence-corrected chi connectivity index (χ0v) is 17.3. The van der Waals surface area contributed by atoms with Crippen LogP contribution in [0.25, 0.3) is 11.4 Å². The first kappa shape index (κ1) is 22.3. The van der Waals surface area contributed by atoms with Gasteiger partial charge < -0.3 is 19.9 Å². The molecule has 2 aromatic rings. The molecule has 8 nitrogen and oxygen atoms in total. The number of alkyl carbamates (subject to hydrolysis) is 1. The Labute approximate surface area is 169 Å². The fraction of sp³-hybridized carbons (Fsp3) is 0.500. The van der Waals surface area contributed by atoms with Crippen molar-refractivity contribution in [2.45, 2.75) is 59.1 Å². The molecule has 1 atom stereocenters. The lowest BCUT2D eigenvalue weighted by Gasteiger charge is -2.21. The molecule has 0 saturated carbocycles. The van der Waals surface area contributed by atoms with Crippen LogP contribution in [-0.2, 0) is 16.0 Å². The lowest BCUT2D eigenvalue weighted by atomic mass is 10.1. The van der Waals surface area contributed by atoms with Gasteiger partial charge in [-0.1, -0.05) is 5.16 Å². The summed E-state index contributed by atoms with van der Waals surface area (Å²) in [6.45, 7) is 9.00. The van der Waals surface area contributed by atoms with E-state index in [0.29, 0.717) is 22.8 Å². The first-order valence-corrected chi connectivity index (χ1v) is 9.39. The first-order chi connectivity index (χ1) is 13.5. The summed E-state index contributed by atoms with van der Waals surface area (Å²) >= 11 is 0. The number of nitrogens with one attached hydrogen (secondary N) is 2. The lowest BCUT2D eigenvalue weighted by molar-refractivity contribution is -0.121. The molecule has 1 aromatic carbocycles. The Kier molecular flexibility index (Phi) is 7.30. The standard InChI is InChI=1S/C20H27FN4O4/c1-12-10-14(6-7-15(12)21)18-24-17(29-25-18)9-8-16(26)23-13(2)11-22-19(27)28-20(3,4)5/h6-7,10,13H,8-9,11H2,1-5H3,(H,22,27)(H,23,26)/t13-/m1/s1. The average molecular weight is 406 g/mol. The molecule has 0 saturated heterocycles. The van der Waals surface area contributed by atoms with E-state index in [1.165, 1.54) is 6.07 Å². The molecule has 1 aromatic heterocycles. The monoisotopic (exact) mass is 406 g/mol. The average Bonchev–Trinajstić information content (AvgIpc) is 3.08. The first-order valence-electron chi connectivity index (χ1n) is 9.39. The smallest absolute Gasteiger partial charge is 0.407 e. The maximum Gasteiger partial charge on any atom is 0.407 e. The molecule has 0 aliphatic carbocycles. The molecule has 1 heterocycles. The van der Waals surface area contributed by atoms with Gasteiger partial charge in [0.1, 0.15) is 11.4 Å². The van der Waals surface area contributed by atoms with Gasteiger partial charge in [-0.05, 0) is 58.4 Å². The maximum absolute atomic E-state index is 13.4. The Morgan fingerprint density at radius 2 is 2.03 bits per heavy atom. The minimum absolute atomic E-state index is 0.154. The van der Waals surface area contributed by atoms with Gasteiger partial charge in [0.05, 0.1) is 0 Å². The van der Waals surface area contributed by atoms with Gasteiger partial charge in [0, 0.05) is 31.0 Å². The third-order valence-electron chi connectivity index (χ3n) is 3.81. The predicted molar refractivity (Wildman–Crippen MR) is 105 cm³/mol. The fourth-order valence-corrected chi connectivity index (χ4v) is 2.43. The molecule has 0 bridgehead atoms. The molecule has 158 valence electrons. The molecule has 0 aliphatic heterocycles. The van der Waals surface area contributed by atoms with Crippen LogP contribution in [0, 0.1) is 12.7 Å². The predicted octanol–water partition coefficient (Wildman–Crippen LogP) is 3.15. The summed E-state index contributed by atoms with van der Waals surface area (Å²) in [6, 6.07) is 4.29. The van der Waals surface area contributed by atoms with E-state index in [2.05, 4.69) is 20.8 Å². The minimum atomic E-state index is -0.577. The van der Waals surface area contributed by atoms with Gasteiger partial charge in [0.2, 0.25) is 17.6 Å². The number of carbonyl (C=O) groups is 2. The van der Waals surface area contributed by atoms with E-state index < -0.39 is 11.7 Å². The van der Waals surface area contributed by atoms with Crippen molar-refractivity contribution in [2.24, 2.45) is 0 Å². The van der Waals surface area contributed by atoms with Gasteiger partial charge in [-0.2, -0.15) is 4.98 Å². The summed E-state index contributed by atoms with van der Waals surface area (Å²) < 4.78 is 23.7. The van der Waals surface area contributed by atoms with Crippen molar-refractivity contribution in [1.29, 1.82) is 0 Å². The van der Waals surface area contributed by atoms with Crippen LogP contribution in [0.4, 0.5) is 9.18 Å². The Balaban J connectivity index is 1.77. The topological polar surface area (TPSA) is 106 Å². The van der Waals surface area contributed by atoms with E-state index in [1.807, 2.05) is 0 Å². The zero-order valence-electron chi connectivity index (χ0n) is 17.3. The number of aromatic nitrogens is 2. The summed E-state index contributed by atoms with van der Waals surface area (Å²) in [6.07, 6.45) is -0.112. The highest BCUT2D eigenvalue weighted by Crippen LogP contribution is 2.19. The Bertz CT molecular complexity index is 860. The van der Waals surface area contributed by atoms with Crippen molar-refractivity contribution in [3.63, 3.8) is 0 Å². The number of nitrogens with zero attached hydrogens (tertiary/aromatic N) is 2. The lowest BCUT2D eigenvalue weighted by Crippen LogP contribution is -2.43. The van der Waals surface area contributed by atoms with Crippen molar-refractivity contribution in [1.82, 2.24) is 20.8 Å². The van der Waals surface area contributed by atoms with E-state index in [9.17, 15) is 14.0 Å². The summed E-state index contributed by atoms with van der Waals surface area (Å²) in [5.41, 5.74) is 0.555. The van der Waals surface area contributed by atoms with E-state index in [4.69, 9.17) is 9.26 Å². The fourth-order valence-electron chi connectivity index (χ4n) is 2.43. The van der Waals surface area contributed by atoms with Gasteiger partial charge in [0.15, 0.2) is 0 Å². The number of rotatable bonds is 7. The molecule has 2 amide bonds. The molecule has 0 aliphatic rings. The molecular formula is C20H27FN4O4. The second kappa shape index (κ2) is 9.49.